The Labute approximate surface area is 136 Å². The molecule has 1 saturated heterocycles. The zero-order chi connectivity index (χ0) is 17.0. The number of amides is 1. The molecular weight excluding hydrogens is 296 g/mol. The molecule has 1 aromatic carbocycles. The molecule has 1 aliphatic rings. The lowest BCUT2D eigenvalue weighted by molar-refractivity contribution is -0.145. The van der Waals surface area contributed by atoms with Crippen molar-refractivity contribution in [3.05, 3.63) is 35.9 Å². The fourth-order valence-electron chi connectivity index (χ4n) is 2.38. The van der Waals surface area contributed by atoms with E-state index >= 15 is 0 Å². The molecule has 6 nitrogen and oxygen atoms in total. The highest BCUT2D eigenvalue weighted by atomic mass is 16.6. The molecule has 2 rings (SSSR count). The molecule has 0 spiro atoms. The highest BCUT2D eigenvalue weighted by Crippen LogP contribution is 2.23. The molecule has 1 heterocycles. The van der Waals surface area contributed by atoms with E-state index in [1.165, 1.54) is 7.11 Å². The number of carbonyl (C=O) groups excluding carboxylic acids is 2. The van der Waals surface area contributed by atoms with Crippen molar-refractivity contribution in [3.63, 3.8) is 0 Å². The molecule has 0 aromatic heterocycles. The van der Waals surface area contributed by atoms with Crippen molar-refractivity contribution in [3.8, 4) is 0 Å². The van der Waals surface area contributed by atoms with Crippen LogP contribution < -0.4 is 5.32 Å². The minimum Gasteiger partial charge on any atom is -0.468 e. The van der Waals surface area contributed by atoms with E-state index in [2.05, 4.69) is 5.32 Å². The number of benzene rings is 1. The zero-order valence-corrected chi connectivity index (χ0v) is 14.0. The van der Waals surface area contributed by atoms with Gasteiger partial charge in [0.2, 0.25) is 0 Å². The van der Waals surface area contributed by atoms with Gasteiger partial charge in [-0.25, -0.2) is 4.79 Å². The average molecular weight is 320 g/mol. The summed E-state index contributed by atoms with van der Waals surface area (Å²) in [4.78, 5) is 25.7. The lowest BCUT2D eigenvalue weighted by atomic mass is 10.1. The van der Waals surface area contributed by atoms with Crippen LogP contribution in [0, 0.1) is 0 Å². The van der Waals surface area contributed by atoms with E-state index in [1.54, 1.807) is 0 Å². The fraction of sp³-hybridized carbons (Fsp3) is 0.529. The molecule has 0 bridgehead atoms. The van der Waals surface area contributed by atoms with Crippen LogP contribution in [-0.2, 0) is 20.7 Å². The molecule has 3 atom stereocenters. The normalized spacial score (nSPS) is 21.2. The van der Waals surface area contributed by atoms with Crippen LogP contribution in [0.4, 0.5) is 4.79 Å². The fourth-order valence-corrected chi connectivity index (χ4v) is 2.38. The number of alkyl carbamates (subject to hydrolysis) is 1. The number of rotatable bonds is 5. The van der Waals surface area contributed by atoms with Crippen LogP contribution in [0.5, 0.6) is 0 Å². The Morgan fingerprint density at radius 1 is 1.30 bits per heavy atom. The Balaban J connectivity index is 1.94. The van der Waals surface area contributed by atoms with Gasteiger partial charge >= 0.3 is 12.1 Å². The lowest BCUT2D eigenvalue weighted by Gasteiger charge is -2.21. The minimum atomic E-state index is -0.546. The predicted octanol–water partition coefficient (Wildman–Crippen LogP) is 1.94. The van der Waals surface area contributed by atoms with E-state index < -0.39 is 17.7 Å². The summed E-state index contributed by atoms with van der Waals surface area (Å²) in [6, 6.07) is 9.32. The molecule has 2 unspecified atom stereocenters. The van der Waals surface area contributed by atoms with Gasteiger partial charge in [-0.2, -0.15) is 0 Å². The van der Waals surface area contributed by atoms with Gasteiger partial charge in [-0.15, -0.1) is 0 Å². The number of methoxy groups -OCH3 is 1. The van der Waals surface area contributed by atoms with Gasteiger partial charge in [-0.05, 0) is 32.8 Å². The van der Waals surface area contributed by atoms with Gasteiger partial charge in [0.15, 0.2) is 0 Å². The van der Waals surface area contributed by atoms with Crippen molar-refractivity contribution in [2.45, 2.75) is 45.0 Å². The molecule has 1 fully saturated rings. The SMILES string of the molecule is COC(=O)[C@@H](Cc1ccccc1)N1CC1NC(=O)OC(C)(C)C. The Kier molecular flexibility index (Phi) is 5.26. The van der Waals surface area contributed by atoms with Gasteiger partial charge in [0, 0.05) is 6.54 Å². The second-order valence-corrected chi connectivity index (χ2v) is 6.59. The van der Waals surface area contributed by atoms with Gasteiger partial charge in [0.25, 0.3) is 0 Å². The number of esters is 1. The first-order valence-corrected chi connectivity index (χ1v) is 7.67. The van der Waals surface area contributed by atoms with Crippen LogP contribution in [0.15, 0.2) is 30.3 Å². The Hall–Kier alpha value is -2.08. The van der Waals surface area contributed by atoms with Crippen LogP contribution in [0.25, 0.3) is 0 Å². The molecule has 23 heavy (non-hydrogen) atoms. The van der Waals surface area contributed by atoms with Crippen LogP contribution >= 0.6 is 0 Å². The van der Waals surface area contributed by atoms with Gasteiger partial charge < -0.3 is 14.8 Å². The van der Waals surface area contributed by atoms with Gasteiger partial charge in [0.05, 0.1) is 13.3 Å². The minimum absolute atomic E-state index is 0.197. The number of ether oxygens (including phenoxy) is 2. The van der Waals surface area contributed by atoms with E-state index in [9.17, 15) is 9.59 Å². The maximum absolute atomic E-state index is 12.1. The number of nitrogens with zero attached hydrogens (tertiary/aromatic N) is 1. The summed E-state index contributed by atoms with van der Waals surface area (Å²) in [5.74, 6) is -0.303. The second kappa shape index (κ2) is 7.00. The first-order chi connectivity index (χ1) is 10.8. The summed E-state index contributed by atoms with van der Waals surface area (Å²) >= 11 is 0. The molecule has 0 aliphatic carbocycles. The van der Waals surface area contributed by atoms with Crippen molar-refractivity contribution < 1.29 is 19.1 Å². The van der Waals surface area contributed by atoms with Crippen LogP contribution in [0.2, 0.25) is 0 Å². The first-order valence-electron chi connectivity index (χ1n) is 7.67. The molecule has 1 aliphatic heterocycles. The summed E-state index contributed by atoms with van der Waals surface area (Å²) in [5.41, 5.74) is 0.501. The maximum atomic E-state index is 12.1. The van der Waals surface area contributed by atoms with Crippen molar-refractivity contribution in [1.29, 1.82) is 0 Å². The van der Waals surface area contributed by atoms with Crippen LogP contribution in [0.1, 0.15) is 26.3 Å². The molecule has 1 amide bonds. The number of carbonyl (C=O) groups is 2. The summed E-state index contributed by atoms with van der Waals surface area (Å²) in [7, 11) is 1.38. The smallest absolute Gasteiger partial charge is 0.408 e. The molecule has 0 radical (unpaired) electrons. The topological polar surface area (TPSA) is 67.6 Å². The molecule has 0 saturated carbocycles. The standard InChI is InChI=1S/C17H24N2O4/c1-17(2,3)23-16(21)18-14-11-19(14)13(15(20)22-4)10-12-8-6-5-7-9-12/h5-9,13-14H,10-11H2,1-4H3,(H,18,21)/t13-,14?,19?/m1/s1. The first kappa shape index (κ1) is 17.3. The molecule has 6 heteroatoms. The number of hydrogen-bond donors (Lipinski definition) is 1. The largest absolute Gasteiger partial charge is 0.468 e. The van der Waals surface area contributed by atoms with Crippen molar-refractivity contribution >= 4 is 12.1 Å². The van der Waals surface area contributed by atoms with Gasteiger partial charge in [0.1, 0.15) is 11.6 Å². The highest BCUT2D eigenvalue weighted by Gasteiger charge is 2.45. The lowest BCUT2D eigenvalue weighted by Crippen LogP contribution is -2.40. The number of nitrogens with one attached hydrogen (secondary N) is 1. The van der Waals surface area contributed by atoms with E-state index in [4.69, 9.17) is 9.47 Å². The van der Waals surface area contributed by atoms with Crippen molar-refractivity contribution in [2.75, 3.05) is 13.7 Å². The Morgan fingerprint density at radius 2 is 1.96 bits per heavy atom. The highest BCUT2D eigenvalue weighted by molar-refractivity contribution is 5.77. The molecular formula is C17H24N2O4. The van der Waals surface area contributed by atoms with Gasteiger partial charge in [-0.3, -0.25) is 9.69 Å². The Bertz CT molecular complexity index is 553. The van der Waals surface area contributed by atoms with Crippen molar-refractivity contribution in [1.82, 2.24) is 10.2 Å². The molecule has 1 N–H and O–H groups in total. The molecule has 126 valence electrons. The average Bonchev–Trinajstić information content (AvgIpc) is 3.21. The van der Waals surface area contributed by atoms with E-state index in [1.807, 2.05) is 56.0 Å². The Morgan fingerprint density at radius 3 is 2.52 bits per heavy atom. The zero-order valence-electron chi connectivity index (χ0n) is 14.0. The summed E-state index contributed by atoms with van der Waals surface area (Å²) < 4.78 is 10.1. The second-order valence-electron chi connectivity index (χ2n) is 6.59. The number of hydrogen-bond acceptors (Lipinski definition) is 5. The van der Waals surface area contributed by atoms with E-state index in [0.29, 0.717) is 13.0 Å². The van der Waals surface area contributed by atoms with Crippen LogP contribution in [-0.4, -0.2) is 48.4 Å². The monoisotopic (exact) mass is 320 g/mol. The third kappa shape index (κ3) is 5.25. The summed E-state index contributed by atoms with van der Waals surface area (Å²) in [6.45, 7) is 6.03. The van der Waals surface area contributed by atoms with Crippen LogP contribution in [0.3, 0.4) is 0 Å². The third-order valence-electron chi connectivity index (χ3n) is 3.48. The van der Waals surface area contributed by atoms with Gasteiger partial charge in [-0.1, -0.05) is 30.3 Å². The third-order valence-corrected chi connectivity index (χ3v) is 3.48. The van der Waals surface area contributed by atoms with E-state index in [-0.39, 0.29) is 12.1 Å². The quantitative estimate of drug-likeness (QED) is 0.663. The summed E-state index contributed by atoms with van der Waals surface area (Å²) in [6.07, 6.45) is -0.133. The predicted molar refractivity (Wildman–Crippen MR) is 85.8 cm³/mol. The van der Waals surface area contributed by atoms with Crippen molar-refractivity contribution in [2.24, 2.45) is 0 Å². The van der Waals surface area contributed by atoms with E-state index in [0.717, 1.165) is 5.56 Å². The maximum Gasteiger partial charge on any atom is 0.408 e. The summed E-state index contributed by atoms with van der Waals surface area (Å²) in [5, 5.41) is 2.76. The molecule has 1 aromatic rings.